The van der Waals surface area contributed by atoms with Gasteiger partial charge in [-0.3, -0.25) is 14.2 Å². The summed E-state index contributed by atoms with van der Waals surface area (Å²) in [4.78, 5) is 32.0. The Morgan fingerprint density at radius 2 is 1.81 bits per heavy atom. The maximum Gasteiger partial charge on any atom is 0.273 e. The standard InChI is InChI=1S/C23H32N6O2/c1-6-28(7-2)15-14-24-20(30)13-12-19-23(31)27(5)22-21(25-19)17(4)26-29(22)18-10-8-16(3)9-11-18/h8-11H,6-7,12-15H2,1-5H3,(H,24,30). The summed E-state index contributed by atoms with van der Waals surface area (Å²) in [6.07, 6.45) is 0.534. The van der Waals surface area contributed by atoms with Crippen molar-refractivity contribution >= 4 is 17.1 Å². The number of amides is 1. The van der Waals surface area contributed by atoms with Crippen LogP contribution in [-0.2, 0) is 18.3 Å². The number of rotatable bonds is 9. The first-order valence-electron chi connectivity index (χ1n) is 10.9. The molecule has 0 saturated heterocycles. The van der Waals surface area contributed by atoms with Gasteiger partial charge in [-0.15, -0.1) is 0 Å². The molecule has 0 atom stereocenters. The molecule has 0 spiro atoms. The SMILES string of the molecule is CCN(CC)CCNC(=O)CCc1nc2c(C)nn(-c3ccc(C)cc3)c2n(C)c1=O. The molecule has 0 bridgehead atoms. The van der Waals surface area contributed by atoms with E-state index in [-0.39, 0.29) is 17.9 Å². The minimum Gasteiger partial charge on any atom is -0.355 e. The van der Waals surface area contributed by atoms with Crippen LogP contribution in [0.4, 0.5) is 0 Å². The first kappa shape index (κ1) is 22.7. The van der Waals surface area contributed by atoms with E-state index in [4.69, 9.17) is 0 Å². The van der Waals surface area contributed by atoms with E-state index < -0.39 is 0 Å². The Balaban J connectivity index is 1.78. The molecular formula is C23H32N6O2. The van der Waals surface area contributed by atoms with Gasteiger partial charge in [0, 0.05) is 33.0 Å². The molecule has 0 unspecified atom stereocenters. The molecule has 1 aromatic carbocycles. The Morgan fingerprint density at radius 3 is 2.45 bits per heavy atom. The molecule has 3 rings (SSSR count). The molecule has 0 radical (unpaired) electrons. The largest absolute Gasteiger partial charge is 0.355 e. The summed E-state index contributed by atoms with van der Waals surface area (Å²) in [5.74, 6) is -0.0665. The minimum atomic E-state index is -0.197. The molecule has 1 N–H and O–H groups in total. The van der Waals surface area contributed by atoms with Gasteiger partial charge in [0.2, 0.25) is 5.91 Å². The third-order valence-electron chi connectivity index (χ3n) is 5.63. The highest BCUT2D eigenvalue weighted by Crippen LogP contribution is 2.19. The number of hydrogen-bond acceptors (Lipinski definition) is 5. The predicted octanol–water partition coefficient (Wildman–Crippen LogP) is 2.13. The second-order valence-electron chi connectivity index (χ2n) is 7.80. The third-order valence-corrected chi connectivity index (χ3v) is 5.63. The Kier molecular flexibility index (Phi) is 7.22. The van der Waals surface area contributed by atoms with Gasteiger partial charge in [0.05, 0.1) is 11.4 Å². The summed E-state index contributed by atoms with van der Waals surface area (Å²) < 4.78 is 3.33. The molecule has 0 saturated carbocycles. The van der Waals surface area contributed by atoms with E-state index >= 15 is 0 Å². The van der Waals surface area contributed by atoms with E-state index in [2.05, 4.69) is 34.1 Å². The Bertz CT molecular complexity index is 1110. The lowest BCUT2D eigenvalue weighted by atomic mass is 10.2. The van der Waals surface area contributed by atoms with Crippen molar-refractivity contribution in [1.82, 2.24) is 29.5 Å². The monoisotopic (exact) mass is 424 g/mol. The van der Waals surface area contributed by atoms with Gasteiger partial charge in [0.15, 0.2) is 5.65 Å². The molecule has 0 aliphatic carbocycles. The van der Waals surface area contributed by atoms with Crippen molar-refractivity contribution < 1.29 is 4.79 Å². The number of carbonyl (C=O) groups is 1. The highest BCUT2D eigenvalue weighted by atomic mass is 16.1. The summed E-state index contributed by atoms with van der Waals surface area (Å²) in [6, 6.07) is 7.97. The van der Waals surface area contributed by atoms with E-state index in [1.54, 1.807) is 16.3 Å². The van der Waals surface area contributed by atoms with Crippen LogP contribution in [-0.4, -0.2) is 56.3 Å². The summed E-state index contributed by atoms with van der Waals surface area (Å²) in [5.41, 5.74) is 4.30. The van der Waals surface area contributed by atoms with Crippen LogP contribution >= 0.6 is 0 Å². The number of benzene rings is 1. The zero-order chi connectivity index (χ0) is 22.5. The minimum absolute atomic E-state index is 0.0665. The molecule has 0 aliphatic heterocycles. The van der Waals surface area contributed by atoms with Crippen molar-refractivity contribution in [2.45, 2.75) is 40.5 Å². The Morgan fingerprint density at radius 1 is 1.13 bits per heavy atom. The highest BCUT2D eigenvalue weighted by Gasteiger charge is 2.18. The van der Waals surface area contributed by atoms with Crippen molar-refractivity contribution in [2.24, 2.45) is 7.05 Å². The molecule has 2 aromatic heterocycles. The van der Waals surface area contributed by atoms with Crippen LogP contribution < -0.4 is 10.9 Å². The normalized spacial score (nSPS) is 11.4. The van der Waals surface area contributed by atoms with Gasteiger partial charge in [-0.2, -0.15) is 5.10 Å². The lowest BCUT2D eigenvalue weighted by Crippen LogP contribution is -2.35. The smallest absolute Gasteiger partial charge is 0.273 e. The average Bonchev–Trinajstić information content (AvgIpc) is 3.09. The number of likely N-dealkylation sites (N-methyl/N-ethyl adjacent to an activating group) is 1. The van der Waals surface area contributed by atoms with Crippen LogP contribution in [0.15, 0.2) is 29.1 Å². The van der Waals surface area contributed by atoms with Crippen LogP contribution in [0, 0.1) is 13.8 Å². The van der Waals surface area contributed by atoms with Gasteiger partial charge in [-0.1, -0.05) is 31.5 Å². The van der Waals surface area contributed by atoms with E-state index in [0.717, 1.165) is 36.6 Å². The molecular weight excluding hydrogens is 392 g/mol. The van der Waals surface area contributed by atoms with E-state index in [9.17, 15) is 9.59 Å². The molecule has 2 heterocycles. The van der Waals surface area contributed by atoms with Gasteiger partial charge in [-0.05, 0) is 39.1 Å². The molecule has 8 nitrogen and oxygen atoms in total. The van der Waals surface area contributed by atoms with Crippen LogP contribution in [0.2, 0.25) is 0 Å². The number of carbonyl (C=O) groups excluding carboxylic acids is 1. The molecule has 0 aliphatic rings. The van der Waals surface area contributed by atoms with E-state index in [0.29, 0.717) is 29.8 Å². The zero-order valence-corrected chi connectivity index (χ0v) is 19.1. The lowest BCUT2D eigenvalue weighted by molar-refractivity contribution is -0.121. The van der Waals surface area contributed by atoms with Gasteiger partial charge < -0.3 is 10.2 Å². The van der Waals surface area contributed by atoms with Crippen LogP contribution in [0.1, 0.15) is 37.2 Å². The first-order chi connectivity index (χ1) is 14.8. The summed E-state index contributed by atoms with van der Waals surface area (Å²) in [7, 11) is 1.73. The fourth-order valence-corrected chi connectivity index (χ4v) is 3.65. The predicted molar refractivity (Wildman–Crippen MR) is 123 cm³/mol. The summed E-state index contributed by atoms with van der Waals surface area (Å²) in [5, 5.41) is 7.54. The summed E-state index contributed by atoms with van der Waals surface area (Å²) >= 11 is 0. The first-order valence-corrected chi connectivity index (χ1v) is 10.9. The highest BCUT2D eigenvalue weighted by molar-refractivity contribution is 5.77. The lowest BCUT2D eigenvalue weighted by Gasteiger charge is -2.17. The number of nitrogens with zero attached hydrogens (tertiary/aromatic N) is 5. The number of hydrogen-bond donors (Lipinski definition) is 1. The average molecular weight is 425 g/mol. The number of aryl methyl sites for hydroxylation is 4. The summed E-state index contributed by atoms with van der Waals surface area (Å²) in [6.45, 7) is 11.5. The van der Waals surface area contributed by atoms with Crippen LogP contribution in [0.25, 0.3) is 16.9 Å². The van der Waals surface area contributed by atoms with E-state index in [1.165, 1.54) is 0 Å². The molecule has 3 aromatic rings. The second-order valence-corrected chi connectivity index (χ2v) is 7.80. The van der Waals surface area contributed by atoms with Crippen molar-refractivity contribution in [3.05, 3.63) is 51.6 Å². The fourth-order valence-electron chi connectivity index (χ4n) is 3.65. The van der Waals surface area contributed by atoms with Crippen molar-refractivity contribution in [2.75, 3.05) is 26.2 Å². The Labute approximate surface area is 182 Å². The van der Waals surface area contributed by atoms with Crippen molar-refractivity contribution in [1.29, 1.82) is 0 Å². The maximum atomic E-state index is 12.9. The second kappa shape index (κ2) is 9.87. The van der Waals surface area contributed by atoms with Crippen LogP contribution in [0.3, 0.4) is 0 Å². The molecule has 8 heteroatoms. The number of fused-ring (bicyclic) bond motifs is 1. The number of aromatic nitrogens is 4. The van der Waals surface area contributed by atoms with Gasteiger partial charge in [-0.25, -0.2) is 9.67 Å². The van der Waals surface area contributed by atoms with Gasteiger partial charge in [0.1, 0.15) is 11.2 Å². The fraction of sp³-hybridized carbons (Fsp3) is 0.478. The van der Waals surface area contributed by atoms with Crippen molar-refractivity contribution in [3.8, 4) is 5.69 Å². The number of nitrogens with one attached hydrogen (secondary N) is 1. The van der Waals surface area contributed by atoms with Crippen LogP contribution in [0.5, 0.6) is 0 Å². The quantitative estimate of drug-likeness (QED) is 0.569. The maximum absolute atomic E-state index is 12.9. The molecule has 166 valence electrons. The molecule has 31 heavy (non-hydrogen) atoms. The molecule has 1 amide bonds. The molecule has 0 fully saturated rings. The third kappa shape index (κ3) is 5.02. The van der Waals surface area contributed by atoms with Crippen molar-refractivity contribution in [3.63, 3.8) is 0 Å². The van der Waals surface area contributed by atoms with E-state index in [1.807, 2.05) is 38.1 Å². The zero-order valence-electron chi connectivity index (χ0n) is 19.1. The van der Waals surface area contributed by atoms with Gasteiger partial charge in [0.25, 0.3) is 5.56 Å². The topological polar surface area (TPSA) is 85.1 Å². The Hall–Kier alpha value is -3.00. The van der Waals surface area contributed by atoms with Gasteiger partial charge >= 0.3 is 0 Å².